The predicted molar refractivity (Wildman–Crippen MR) is 145 cm³/mol. The minimum atomic E-state index is -2.75. The first kappa shape index (κ1) is 25.2. The normalized spacial score (nSPS) is 28.8. The zero-order valence-electron chi connectivity index (χ0n) is 22.1. The maximum atomic E-state index is 13.5. The van der Waals surface area contributed by atoms with Gasteiger partial charge in [0.1, 0.15) is 5.41 Å². The van der Waals surface area contributed by atoms with Gasteiger partial charge in [0.15, 0.2) is 5.78 Å². The van der Waals surface area contributed by atoms with Crippen LogP contribution in [0.2, 0.25) is 5.04 Å². The third-order valence-electron chi connectivity index (χ3n) is 8.64. The van der Waals surface area contributed by atoms with Gasteiger partial charge < -0.3 is 9.16 Å². The van der Waals surface area contributed by atoms with Crippen LogP contribution in [0.5, 0.6) is 0 Å². The quantitative estimate of drug-likeness (QED) is 0.223. The minimum Gasteiger partial charge on any atom is -0.465 e. The van der Waals surface area contributed by atoms with Gasteiger partial charge >= 0.3 is 5.97 Å². The average Bonchev–Trinajstić information content (AvgIpc) is 3.47. The van der Waals surface area contributed by atoms with Crippen molar-refractivity contribution in [2.45, 2.75) is 52.5 Å². The van der Waals surface area contributed by atoms with Crippen LogP contribution in [0.1, 0.15) is 47.5 Å². The van der Waals surface area contributed by atoms with Crippen molar-refractivity contribution < 1.29 is 18.8 Å². The Bertz CT molecular complexity index is 1130. The Morgan fingerprint density at radius 1 is 1.03 bits per heavy atom. The minimum absolute atomic E-state index is 0.0274. The molecule has 2 aromatic rings. The third kappa shape index (κ3) is 3.58. The SMILES string of the molecule is CC(C)COC(=O)[C@]12C(=O)C[C@]3(CO[Si](c4ccccc4)(c4ccccc4)C(C)(C)C)C=CC[C@H]1[C@@H]32. The zero-order valence-corrected chi connectivity index (χ0v) is 23.1. The van der Waals surface area contributed by atoms with E-state index in [9.17, 15) is 9.59 Å². The molecule has 0 bridgehead atoms. The van der Waals surface area contributed by atoms with Gasteiger partial charge in [0.2, 0.25) is 0 Å². The van der Waals surface area contributed by atoms with E-state index in [2.05, 4.69) is 81.5 Å². The maximum absolute atomic E-state index is 13.5. The molecular formula is C31H38O4Si. The summed E-state index contributed by atoms with van der Waals surface area (Å²) in [6, 6.07) is 21.2. The van der Waals surface area contributed by atoms with Crippen LogP contribution in [0, 0.1) is 28.6 Å². The number of ether oxygens (including phenoxy) is 1. The smallest absolute Gasteiger partial charge is 0.320 e. The number of fused-ring (bicyclic) bond motifs is 1. The summed E-state index contributed by atoms with van der Waals surface area (Å²) in [6.45, 7) is 11.6. The summed E-state index contributed by atoms with van der Waals surface area (Å²) in [5.74, 6) is -0.0237. The molecule has 4 atom stereocenters. The van der Waals surface area contributed by atoms with E-state index in [1.807, 2.05) is 26.0 Å². The lowest BCUT2D eigenvalue weighted by Crippen LogP contribution is -2.67. The van der Waals surface area contributed by atoms with E-state index in [0.717, 1.165) is 6.42 Å². The number of esters is 1. The second-order valence-electron chi connectivity index (χ2n) is 12.4. The van der Waals surface area contributed by atoms with Gasteiger partial charge in [-0.3, -0.25) is 9.59 Å². The van der Waals surface area contributed by atoms with E-state index in [1.165, 1.54) is 10.4 Å². The summed E-state index contributed by atoms with van der Waals surface area (Å²) < 4.78 is 13.0. The van der Waals surface area contributed by atoms with Gasteiger partial charge in [0.05, 0.1) is 6.61 Å². The molecule has 2 aromatic carbocycles. The highest BCUT2D eigenvalue weighted by Crippen LogP contribution is 2.77. The van der Waals surface area contributed by atoms with Crippen molar-refractivity contribution in [2.75, 3.05) is 13.2 Å². The van der Waals surface area contributed by atoms with E-state index < -0.39 is 19.1 Å². The molecule has 5 heteroatoms. The number of carbonyl (C=O) groups is 2. The van der Waals surface area contributed by atoms with Crippen LogP contribution in [-0.4, -0.2) is 33.3 Å². The number of allylic oxidation sites excluding steroid dienone is 1. The molecule has 4 nitrogen and oxygen atoms in total. The van der Waals surface area contributed by atoms with E-state index in [0.29, 0.717) is 19.6 Å². The molecule has 0 N–H and O–H groups in total. The van der Waals surface area contributed by atoms with Crippen LogP contribution in [0.15, 0.2) is 72.8 Å². The second-order valence-corrected chi connectivity index (χ2v) is 16.7. The monoisotopic (exact) mass is 502 g/mol. The number of carbonyl (C=O) groups excluding carboxylic acids is 2. The Labute approximate surface area is 216 Å². The highest BCUT2D eigenvalue weighted by Gasteiger charge is 2.84. The lowest BCUT2D eigenvalue weighted by Gasteiger charge is -2.45. The van der Waals surface area contributed by atoms with Crippen molar-refractivity contribution in [2.24, 2.45) is 28.6 Å². The molecule has 36 heavy (non-hydrogen) atoms. The highest BCUT2D eigenvalue weighted by molar-refractivity contribution is 6.99. The van der Waals surface area contributed by atoms with Gasteiger partial charge in [-0.2, -0.15) is 0 Å². The molecule has 5 rings (SSSR count). The molecule has 190 valence electrons. The van der Waals surface area contributed by atoms with Crippen LogP contribution in [0.4, 0.5) is 0 Å². The predicted octanol–water partition coefficient (Wildman–Crippen LogP) is 4.91. The van der Waals surface area contributed by atoms with E-state index in [4.69, 9.17) is 9.16 Å². The molecule has 2 saturated carbocycles. The summed E-state index contributed by atoms with van der Waals surface area (Å²) in [5.41, 5.74) is -1.43. The summed E-state index contributed by atoms with van der Waals surface area (Å²) in [5, 5.41) is 2.29. The molecule has 0 aliphatic heterocycles. The molecule has 2 fully saturated rings. The van der Waals surface area contributed by atoms with Crippen LogP contribution in [-0.2, 0) is 18.8 Å². The number of Topliss-reactive ketones (excluding diaryl/α,β-unsaturated/α-hetero) is 1. The first-order valence-electron chi connectivity index (χ1n) is 13.2. The number of benzene rings is 2. The van der Waals surface area contributed by atoms with Crippen molar-refractivity contribution >= 4 is 30.4 Å². The second kappa shape index (κ2) is 8.81. The first-order chi connectivity index (χ1) is 17.1. The molecule has 0 amide bonds. The fourth-order valence-electron chi connectivity index (χ4n) is 7.13. The van der Waals surface area contributed by atoms with Gasteiger partial charge in [0, 0.05) is 18.4 Å². The van der Waals surface area contributed by atoms with Gasteiger partial charge in [-0.25, -0.2) is 0 Å². The highest BCUT2D eigenvalue weighted by atomic mass is 28.4. The van der Waals surface area contributed by atoms with Gasteiger partial charge in [-0.05, 0) is 39.6 Å². The van der Waals surface area contributed by atoms with Crippen LogP contribution >= 0.6 is 0 Å². The molecule has 0 radical (unpaired) electrons. The zero-order chi connectivity index (χ0) is 25.8. The molecule has 3 aliphatic carbocycles. The van der Waals surface area contributed by atoms with Crippen molar-refractivity contribution in [3.8, 4) is 0 Å². The molecule has 0 aromatic heterocycles. The van der Waals surface area contributed by atoms with Gasteiger partial charge in [-0.15, -0.1) is 0 Å². The Hall–Kier alpha value is -2.50. The number of hydrogen-bond donors (Lipinski definition) is 0. The van der Waals surface area contributed by atoms with E-state index >= 15 is 0 Å². The van der Waals surface area contributed by atoms with Crippen LogP contribution < -0.4 is 10.4 Å². The molecule has 0 spiro atoms. The fourth-order valence-corrected chi connectivity index (χ4v) is 11.8. The number of hydrogen-bond acceptors (Lipinski definition) is 4. The largest absolute Gasteiger partial charge is 0.465 e. The van der Waals surface area contributed by atoms with Gasteiger partial charge in [-0.1, -0.05) is 107 Å². The standard InChI is InChI=1S/C31H38O4Si/c1-22(2)20-34-28(33)31-25-17-12-18-30(27(25)31,19-26(31)32)21-35-36(29(3,4)5,23-13-8-6-9-14-23)24-15-10-7-11-16-24/h6-16,18,22,25,27H,17,19-21H2,1-5H3/t25-,27-,30-,31-/m0/s1. The van der Waals surface area contributed by atoms with Crippen LogP contribution in [0.3, 0.4) is 0 Å². The molecule has 0 unspecified atom stereocenters. The molecule has 3 aliphatic rings. The van der Waals surface area contributed by atoms with Crippen molar-refractivity contribution in [3.05, 3.63) is 72.8 Å². The number of rotatable bonds is 8. The third-order valence-corrected chi connectivity index (χ3v) is 13.6. The van der Waals surface area contributed by atoms with Crippen molar-refractivity contribution in [1.29, 1.82) is 0 Å². The number of ketones is 1. The van der Waals surface area contributed by atoms with E-state index in [1.54, 1.807) is 0 Å². The van der Waals surface area contributed by atoms with E-state index in [-0.39, 0.29) is 34.5 Å². The Kier molecular flexibility index (Phi) is 6.16. The Morgan fingerprint density at radius 2 is 1.61 bits per heavy atom. The van der Waals surface area contributed by atoms with Crippen molar-refractivity contribution in [3.63, 3.8) is 0 Å². The molecular weight excluding hydrogens is 464 g/mol. The summed E-state index contributed by atoms with van der Waals surface area (Å²) in [7, 11) is -2.75. The van der Waals surface area contributed by atoms with Crippen LogP contribution in [0.25, 0.3) is 0 Å². The topological polar surface area (TPSA) is 52.6 Å². The molecule has 0 saturated heterocycles. The average molecular weight is 503 g/mol. The summed E-state index contributed by atoms with van der Waals surface area (Å²) >= 11 is 0. The van der Waals surface area contributed by atoms with Crippen molar-refractivity contribution in [1.82, 2.24) is 0 Å². The summed E-state index contributed by atoms with van der Waals surface area (Å²) in [6.07, 6.45) is 5.46. The lowest BCUT2D eigenvalue weighted by molar-refractivity contribution is -0.155. The van der Waals surface area contributed by atoms with Gasteiger partial charge in [0.25, 0.3) is 8.32 Å². The Morgan fingerprint density at radius 3 is 2.14 bits per heavy atom. The lowest BCUT2D eigenvalue weighted by atomic mass is 9.77. The fraction of sp³-hybridized carbons (Fsp3) is 0.484. The Balaban J connectivity index is 1.52. The molecule has 0 heterocycles. The summed E-state index contributed by atoms with van der Waals surface area (Å²) in [4.78, 5) is 26.8. The first-order valence-corrected chi connectivity index (χ1v) is 15.1. The maximum Gasteiger partial charge on any atom is 0.320 e.